The Morgan fingerprint density at radius 3 is 1.90 bits per heavy atom. The number of aliphatic carboxylic acids is 2. The van der Waals surface area contributed by atoms with Crippen LogP contribution in [-0.2, 0) is 16.1 Å². The highest BCUT2D eigenvalue weighted by atomic mass is 16.4. The van der Waals surface area contributed by atoms with Crippen LogP contribution in [0, 0.1) is 6.92 Å². The van der Waals surface area contributed by atoms with Gasteiger partial charge in [0.2, 0.25) is 0 Å². The monoisotopic (exact) mass is 294 g/mol. The number of aryl methyl sites for hydroxylation is 1. The van der Waals surface area contributed by atoms with Gasteiger partial charge in [0.05, 0.1) is 0 Å². The fourth-order valence-electron chi connectivity index (χ4n) is 1.79. The maximum absolute atomic E-state index is 12.1. The number of nitrogens with zero attached hydrogens (tertiary/aromatic N) is 2. The van der Waals surface area contributed by atoms with Crippen molar-refractivity contribution in [2.24, 2.45) is 0 Å². The third-order valence-electron chi connectivity index (χ3n) is 2.79. The van der Waals surface area contributed by atoms with Gasteiger partial charge in [-0.3, -0.25) is 9.59 Å². The normalized spacial score (nSPS) is 10.0. The van der Waals surface area contributed by atoms with Crippen LogP contribution in [0.5, 0.6) is 0 Å². The Labute approximate surface area is 122 Å². The van der Waals surface area contributed by atoms with Crippen LogP contribution in [-0.4, -0.2) is 58.1 Å². The van der Waals surface area contributed by atoms with Crippen LogP contribution in [0.1, 0.15) is 11.1 Å². The molecule has 0 saturated heterocycles. The molecule has 21 heavy (non-hydrogen) atoms. The van der Waals surface area contributed by atoms with Gasteiger partial charge in [0.15, 0.2) is 0 Å². The average molecular weight is 294 g/mol. The third kappa shape index (κ3) is 5.52. The summed E-state index contributed by atoms with van der Waals surface area (Å²) in [4.78, 5) is 35.6. The summed E-state index contributed by atoms with van der Waals surface area (Å²) in [6.45, 7) is 0.918. The van der Waals surface area contributed by atoms with Gasteiger partial charge in [-0.1, -0.05) is 29.8 Å². The smallest absolute Gasteiger partial charge is 0.323 e. The fraction of sp³-hybridized carbons (Fsp3) is 0.357. The Morgan fingerprint density at radius 1 is 1.00 bits per heavy atom. The van der Waals surface area contributed by atoms with Crippen LogP contribution < -0.4 is 0 Å². The van der Waals surface area contributed by atoms with Gasteiger partial charge >= 0.3 is 18.0 Å². The van der Waals surface area contributed by atoms with Gasteiger partial charge in [-0.2, -0.15) is 0 Å². The van der Waals surface area contributed by atoms with Gasteiger partial charge in [0, 0.05) is 13.6 Å². The van der Waals surface area contributed by atoms with E-state index in [1.165, 1.54) is 11.9 Å². The number of hydrogen-bond donors (Lipinski definition) is 2. The average Bonchev–Trinajstić information content (AvgIpc) is 2.38. The topological polar surface area (TPSA) is 98.2 Å². The summed E-state index contributed by atoms with van der Waals surface area (Å²) < 4.78 is 0. The molecule has 114 valence electrons. The molecule has 0 aliphatic heterocycles. The Kier molecular flexibility index (Phi) is 5.71. The lowest BCUT2D eigenvalue weighted by Crippen LogP contribution is -2.45. The molecule has 7 heteroatoms. The fourth-order valence-corrected chi connectivity index (χ4v) is 1.79. The number of rotatable bonds is 6. The molecule has 0 spiro atoms. The Balaban J connectivity index is 2.74. The first kappa shape index (κ1) is 16.5. The number of carboxylic acids is 2. The molecular weight excluding hydrogens is 276 g/mol. The molecule has 1 aromatic carbocycles. The van der Waals surface area contributed by atoms with Crippen LogP contribution >= 0.6 is 0 Å². The summed E-state index contributed by atoms with van der Waals surface area (Å²) in [6.07, 6.45) is 0. The molecule has 0 atom stereocenters. The van der Waals surface area contributed by atoms with Crippen LogP contribution in [0.2, 0.25) is 0 Å². The first-order valence-corrected chi connectivity index (χ1v) is 6.28. The van der Waals surface area contributed by atoms with Crippen molar-refractivity contribution in [1.29, 1.82) is 0 Å². The zero-order chi connectivity index (χ0) is 16.0. The number of carbonyl (C=O) groups excluding carboxylic acids is 1. The lowest BCUT2D eigenvalue weighted by Gasteiger charge is -2.25. The molecule has 0 aliphatic carbocycles. The van der Waals surface area contributed by atoms with Crippen molar-refractivity contribution >= 4 is 18.0 Å². The van der Waals surface area contributed by atoms with Crippen molar-refractivity contribution < 1.29 is 24.6 Å². The number of benzene rings is 1. The van der Waals surface area contributed by atoms with E-state index >= 15 is 0 Å². The number of urea groups is 1. The minimum absolute atomic E-state index is 0.273. The zero-order valence-electron chi connectivity index (χ0n) is 11.9. The van der Waals surface area contributed by atoms with Crippen LogP contribution in [0.15, 0.2) is 24.3 Å². The molecule has 1 rings (SSSR count). The van der Waals surface area contributed by atoms with E-state index in [9.17, 15) is 14.4 Å². The standard InChI is InChI=1S/C14H18N2O5/c1-10-3-5-11(6-4-10)7-15(2)14(21)16(8-12(17)18)9-13(19)20/h3-6H,7-9H2,1-2H3,(H,17,18)(H,19,20). The zero-order valence-corrected chi connectivity index (χ0v) is 11.9. The van der Waals surface area contributed by atoms with Crippen LogP contribution in [0.4, 0.5) is 4.79 Å². The van der Waals surface area contributed by atoms with Crippen molar-refractivity contribution in [2.75, 3.05) is 20.1 Å². The quantitative estimate of drug-likeness (QED) is 0.816. The molecule has 0 aromatic heterocycles. The van der Waals surface area contributed by atoms with E-state index in [0.29, 0.717) is 0 Å². The van der Waals surface area contributed by atoms with Gasteiger partial charge in [-0.05, 0) is 12.5 Å². The Morgan fingerprint density at radius 2 is 1.48 bits per heavy atom. The Hall–Kier alpha value is -2.57. The SMILES string of the molecule is Cc1ccc(CN(C)C(=O)N(CC(=O)O)CC(=O)O)cc1. The highest BCUT2D eigenvalue weighted by Crippen LogP contribution is 2.08. The molecular formula is C14H18N2O5. The lowest BCUT2D eigenvalue weighted by atomic mass is 10.1. The molecule has 0 aliphatic rings. The first-order valence-electron chi connectivity index (χ1n) is 6.28. The summed E-state index contributed by atoms with van der Waals surface area (Å²) in [5.74, 6) is -2.51. The maximum Gasteiger partial charge on any atom is 0.323 e. The second-order valence-electron chi connectivity index (χ2n) is 4.77. The molecule has 0 bridgehead atoms. The number of amides is 2. The van der Waals surface area contributed by atoms with E-state index in [-0.39, 0.29) is 6.54 Å². The minimum atomic E-state index is -1.26. The van der Waals surface area contributed by atoms with Crippen molar-refractivity contribution in [3.05, 3.63) is 35.4 Å². The molecule has 2 N–H and O–H groups in total. The summed E-state index contributed by atoms with van der Waals surface area (Å²) in [5.41, 5.74) is 1.97. The van der Waals surface area contributed by atoms with E-state index in [1.807, 2.05) is 31.2 Å². The van der Waals surface area contributed by atoms with E-state index in [0.717, 1.165) is 16.0 Å². The third-order valence-corrected chi connectivity index (χ3v) is 2.79. The van der Waals surface area contributed by atoms with Crippen molar-refractivity contribution in [2.45, 2.75) is 13.5 Å². The number of carboxylic acid groups (broad SMARTS) is 2. The van der Waals surface area contributed by atoms with Gasteiger partial charge < -0.3 is 20.0 Å². The molecule has 0 radical (unpaired) electrons. The van der Waals surface area contributed by atoms with Gasteiger partial charge in [0.1, 0.15) is 13.1 Å². The number of carbonyl (C=O) groups is 3. The highest BCUT2D eigenvalue weighted by molar-refractivity contribution is 5.84. The largest absolute Gasteiger partial charge is 0.480 e. The highest BCUT2D eigenvalue weighted by Gasteiger charge is 2.22. The van der Waals surface area contributed by atoms with E-state index in [2.05, 4.69) is 0 Å². The molecule has 0 unspecified atom stereocenters. The van der Waals surface area contributed by atoms with E-state index in [4.69, 9.17) is 10.2 Å². The predicted octanol–water partition coefficient (Wildman–Crippen LogP) is 1.02. The molecule has 0 fully saturated rings. The van der Waals surface area contributed by atoms with Gasteiger partial charge in [-0.15, -0.1) is 0 Å². The second kappa shape index (κ2) is 7.28. The van der Waals surface area contributed by atoms with Crippen molar-refractivity contribution in [3.63, 3.8) is 0 Å². The molecule has 2 amide bonds. The lowest BCUT2D eigenvalue weighted by molar-refractivity contribution is -0.140. The molecule has 0 heterocycles. The van der Waals surface area contributed by atoms with Crippen molar-refractivity contribution in [1.82, 2.24) is 9.80 Å². The van der Waals surface area contributed by atoms with Crippen LogP contribution in [0.3, 0.4) is 0 Å². The first-order chi connectivity index (χ1) is 9.79. The summed E-state index contributed by atoms with van der Waals surface area (Å²) in [7, 11) is 1.50. The molecule has 7 nitrogen and oxygen atoms in total. The summed E-state index contributed by atoms with van der Waals surface area (Å²) in [5, 5.41) is 17.5. The molecule has 1 aromatic rings. The van der Waals surface area contributed by atoms with Crippen LogP contribution in [0.25, 0.3) is 0 Å². The second-order valence-corrected chi connectivity index (χ2v) is 4.77. The minimum Gasteiger partial charge on any atom is -0.480 e. The summed E-state index contributed by atoms with van der Waals surface area (Å²) in [6, 6.07) is 6.88. The van der Waals surface area contributed by atoms with Gasteiger partial charge in [-0.25, -0.2) is 4.79 Å². The molecule has 0 saturated carbocycles. The maximum atomic E-state index is 12.1. The number of hydrogen-bond acceptors (Lipinski definition) is 3. The van der Waals surface area contributed by atoms with E-state index in [1.54, 1.807) is 0 Å². The predicted molar refractivity (Wildman–Crippen MR) is 74.9 cm³/mol. The van der Waals surface area contributed by atoms with E-state index < -0.39 is 31.1 Å². The van der Waals surface area contributed by atoms with Crippen molar-refractivity contribution in [3.8, 4) is 0 Å². The van der Waals surface area contributed by atoms with Gasteiger partial charge in [0.25, 0.3) is 0 Å². The Bertz CT molecular complexity index is 511. The summed E-state index contributed by atoms with van der Waals surface area (Å²) >= 11 is 0.